The predicted octanol–water partition coefficient (Wildman–Crippen LogP) is 6.36. The standard InChI is InChI=1S/C19H13Cl4N3O3S/c1-29-13-5-11(22)4-12(18(27)25-14-3-2-10(21)7-24-14)16(13)26-19(28)17-15(23)9(6-20)8-30-17/h2-5,7-8H,6H2,1H3,(H,26,28)(H,24,25,27). The Balaban J connectivity index is 1.96. The molecule has 156 valence electrons. The second kappa shape index (κ2) is 9.85. The van der Waals surface area contributed by atoms with Crippen LogP contribution in [0.4, 0.5) is 11.5 Å². The minimum atomic E-state index is -0.556. The number of amides is 2. The van der Waals surface area contributed by atoms with E-state index >= 15 is 0 Å². The van der Waals surface area contributed by atoms with Gasteiger partial charge in [0.05, 0.1) is 28.4 Å². The average Bonchev–Trinajstić information content (AvgIpc) is 3.11. The second-order valence-electron chi connectivity index (χ2n) is 5.84. The molecule has 0 aliphatic carbocycles. The Hall–Kier alpha value is -2.03. The van der Waals surface area contributed by atoms with Gasteiger partial charge >= 0.3 is 0 Å². The Bertz CT molecular complexity index is 1100. The largest absolute Gasteiger partial charge is 0.494 e. The first-order valence-electron chi connectivity index (χ1n) is 8.27. The number of pyridine rings is 1. The van der Waals surface area contributed by atoms with Gasteiger partial charge in [0.2, 0.25) is 0 Å². The van der Waals surface area contributed by atoms with Crippen molar-refractivity contribution in [3.63, 3.8) is 0 Å². The molecule has 0 bridgehead atoms. The van der Waals surface area contributed by atoms with E-state index in [9.17, 15) is 9.59 Å². The zero-order valence-corrected chi connectivity index (χ0v) is 19.1. The number of methoxy groups -OCH3 is 1. The van der Waals surface area contributed by atoms with E-state index in [-0.39, 0.29) is 43.6 Å². The minimum Gasteiger partial charge on any atom is -0.494 e. The average molecular weight is 505 g/mol. The van der Waals surface area contributed by atoms with Crippen LogP contribution in [-0.2, 0) is 5.88 Å². The quantitative estimate of drug-likeness (QED) is 0.383. The van der Waals surface area contributed by atoms with Crippen LogP contribution in [0.25, 0.3) is 0 Å². The molecule has 0 saturated heterocycles. The number of thiophene rings is 1. The van der Waals surface area contributed by atoms with Crippen molar-refractivity contribution >= 4 is 81.1 Å². The maximum Gasteiger partial charge on any atom is 0.267 e. The first kappa shape index (κ1) is 22.7. The third-order valence-corrected chi connectivity index (χ3v) is 6.19. The zero-order chi connectivity index (χ0) is 21.8. The van der Waals surface area contributed by atoms with Crippen molar-refractivity contribution in [2.75, 3.05) is 17.7 Å². The molecule has 2 aromatic heterocycles. The van der Waals surface area contributed by atoms with Gasteiger partial charge in [0.15, 0.2) is 0 Å². The highest BCUT2D eigenvalue weighted by atomic mass is 35.5. The van der Waals surface area contributed by atoms with Crippen LogP contribution in [0.1, 0.15) is 25.6 Å². The molecule has 11 heteroatoms. The molecule has 0 fully saturated rings. The third-order valence-electron chi connectivity index (χ3n) is 3.89. The van der Waals surface area contributed by atoms with Crippen LogP contribution < -0.4 is 15.4 Å². The Morgan fingerprint density at radius 2 is 1.87 bits per heavy atom. The van der Waals surface area contributed by atoms with Crippen molar-refractivity contribution < 1.29 is 14.3 Å². The lowest BCUT2D eigenvalue weighted by atomic mass is 10.1. The van der Waals surface area contributed by atoms with Gasteiger partial charge in [-0.3, -0.25) is 9.59 Å². The number of benzene rings is 1. The Kier molecular flexibility index (Phi) is 7.44. The molecular weight excluding hydrogens is 492 g/mol. The number of rotatable bonds is 6. The fourth-order valence-corrected chi connectivity index (χ4v) is 4.43. The summed E-state index contributed by atoms with van der Waals surface area (Å²) in [6.07, 6.45) is 1.39. The number of anilines is 2. The molecule has 0 aliphatic heterocycles. The van der Waals surface area contributed by atoms with Crippen molar-refractivity contribution in [2.45, 2.75) is 5.88 Å². The molecule has 3 aromatic rings. The number of alkyl halides is 1. The lowest BCUT2D eigenvalue weighted by Gasteiger charge is -2.15. The second-order valence-corrected chi connectivity index (χ2v) is 8.24. The van der Waals surface area contributed by atoms with Crippen LogP contribution in [0.2, 0.25) is 15.1 Å². The molecule has 3 rings (SSSR count). The van der Waals surface area contributed by atoms with E-state index in [2.05, 4.69) is 15.6 Å². The summed E-state index contributed by atoms with van der Waals surface area (Å²) in [6.45, 7) is 0. The van der Waals surface area contributed by atoms with Gasteiger partial charge < -0.3 is 15.4 Å². The van der Waals surface area contributed by atoms with Gasteiger partial charge in [0, 0.05) is 23.2 Å². The lowest BCUT2D eigenvalue weighted by Crippen LogP contribution is -2.19. The number of nitrogens with zero attached hydrogens (tertiary/aromatic N) is 1. The maximum absolute atomic E-state index is 12.9. The van der Waals surface area contributed by atoms with Gasteiger partial charge in [-0.1, -0.05) is 34.8 Å². The van der Waals surface area contributed by atoms with Crippen molar-refractivity contribution in [1.29, 1.82) is 0 Å². The number of ether oxygens (including phenoxy) is 1. The van der Waals surface area contributed by atoms with Crippen molar-refractivity contribution in [3.8, 4) is 5.75 Å². The fourth-order valence-electron chi connectivity index (χ4n) is 2.48. The molecule has 2 amide bonds. The molecule has 0 aliphatic rings. The number of nitrogens with one attached hydrogen (secondary N) is 2. The molecule has 0 atom stereocenters. The van der Waals surface area contributed by atoms with Crippen LogP contribution >= 0.6 is 57.7 Å². The summed E-state index contributed by atoms with van der Waals surface area (Å²) in [5, 5.41) is 7.94. The summed E-state index contributed by atoms with van der Waals surface area (Å²) in [4.78, 5) is 30.0. The molecule has 0 saturated carbocycles. The highest BCUT2D eigenvalue weighted by Crippen LogP contribution is 2.35. The highest BCUT2D eigenvalue weighted by Gasteiger charge is 2.23. The number of carbonyl (C=O) groups excluding carboxylic acids is 2. The van der Waals surface area contributed by atoms with Crippen molar-refractivity contribution in [1.82, 2.24) is 4.98 Å². The van der Waals surface area contributed by atoms with Crippen LogP contribution in [0.5, 0.6) is 5.75 Å². The normalized spacial score (nSPS) is 10.6. The summed E-state index contributed by atoms with van der Waals surface area (Å²) in [6, 6.07) is 6.01. The molecule has 6 nitrogen and oxygen atoms in total. The molecule has 0 radical (unpaired) electrons. The molecule has 1 aromatic carbocycles. The van der Waals surface area contributed by atoms with Crippen LogP contribution in [-0.4, -0.2) is 23.9 Å². The number of carbonyl (C=O) groups is 2. The van der Waals surface area contributed by atoms with Crippen LogP contribution in [0.15, 0.2) is 35.8 Å². The smallest absolute Gasteiger partial charge is 0.267 e. The van der Waals surface area contributed by atoms with E-state index in [1.165, 1.54) is 25.4 Å². The van der Waals surface area contributed by atoms with Crippen molar-refractivity contribution in [3.05, 3.63) is 66.9 Å². The molecule has 2 N–H and O–H groups in total. The SMILES string of the molecule is COc1cc(Cl)cc(C(=O)Nc2ccc(Cl)cn2)c1NC(=O)c1scc(CCl)c1Cl. The van der Waals surface area contributed by atoms with Crippen LogP contribution in [0, 0.1) is 0 Å². The van der Waals surface area contributed by atoms with Gasteiger partial charge in [-0.15, -0.1) is 22.9 Å². The first-order chi connectivity index (χ1) is 14.3. The Morgan fingerprint density at radius 3 is 2.47 bits per heavy atom. The van der Waals surface area contributed by atoms with Gasteiger partial charge in [-0.25, -0.2) is 4.98 Å². The maximum atomic E-state index is 12.9. The zero-order valence-electron chi connectivity index (χ0n) is 15.3. The summed E-state index contributed by atoms with van der Waals surface area (Å²) < 4.78 is 5.31. The van der Waals surface area contributed by atoms with Crippen LogP contribution in [0.3, 0.4) is 0 Å². The lowest BCUT2D eigenvalue weighted by molar-refractivity contribution is 0.102. The van der Waals surface area contributed by atoms with E-state index in [4.69, 9.17) is 51.1 Å². The van der Waals surface area contributed by atoms with E-state index < -0.39 is 11.8 Å². The van der Waals surface area contributed by atoms with E-state index in [0.717, 1.165) is 11.3 Å². The number of halogens is 4. The Labute approximate surface area is 196 Å². The highest BCUT2D eigenvalue weighted by molar-refractivity contribution is 7.13. The van der Waals surface area contributed by atoms with Crippen molar-refractivity contribution in [2.24, 2.45) is 0 Å². The number of hydrogen-bond acceptors (Lipinski definition) is 5. The van der Waals surface area contributed by atoms with Gasteiger partial charge in [-0.2, -0.15) is 0 Å². The monoisotopic (exact) mass is 503 g/mol. The number of hydrogen-bond donors (Lipinski definition) is 2. The summed E-state index contributed by atoms with van der Waals surface area (Å²) >= 11 is 25.1. The number of aromatic nitrogens is 1. The molecule has 30 heavy (non-hydrogen) atoms. The van der Waals surface area contributed by atoms with Gasteiger partial charge in [0.25, 0.3) is 11.8 Å². The summed E-state index contributed by atoms with van der Waals surface area (Å²) in [5.74, 6) is -0.418. The summed E-state index contributed by atoms with van der Waals surface area (Å²) in [7, 11) is 1.40. The van der Waals surface area contributed by atoms with E-state index in [1.807, 2.05) is 0 Å². The minimum absolute atomic E-state index is 0.0784. The fraction of sp³-hybridized carbons (Fsp3) is 0.105. The predicted molar refractivity (Wildman–Crippen MR) is 122 cm³/mol. The molecule has 0 unspecified atom stereocenters. The summed E-state index contributed by atoms with van der Waals surface area (Å²) in [5.41, 5.74) is 0.855. The van der Waals surface area contributed by atoms with Gasteiger partial charge in [-0.05, 0) is 29.1 Å². The van der Waals surface area contributed by atoms with Gasteiger partial charge in [0.1, 0.15) is 16.4 Å². The Morgan fingerprint density at radius 1 is 1.10 bits per heavy atom. The topological polar surface area (TPSA) is 80.3 Å². The first-order valence-corrected chi connectivity index (χ1v) is 10.8. The molecule has 2 heterocycles. The van der Waals surface area contributed by atoms with E-state index in [0.29, 0.717) is 10.6 Å². The molecular formula is C19H13Cl4N3O3S. The third kappa shape index (κ3) is 4.99. The molecule has 0 spiro atoms. The van der Waals surface area contributed by atoms with E-state index in [1.54, 1.807) is 17.5 Å².